The average molecular weight is 307 g/mol. The first-order valence-electron chi connectivity index (χ1n) is 5.30. The number of urea groups is 1. The van der Waals surface area contributed by atoms with Gasteiger partial charge in [0, 0.05) is 35.1 Å². The first kappa shape index (κ1) is 12.6. The molecule has 1 aromatic carbocycles. The third-order valence-electron chi connectivity index (χ3n) is 2.46. The van der Waals surface area contributed by atoms with Crippen LogP contribution in [-0.4, -0.2) is 23.8 Å². The van der Waals surface area contributed by atoms with E-state index >= 15 is 0 Å². The normalized spacial score (nSPS) is 16.9. The molecule has 1 heterocycles. The van der Waals surface area contributed by atoms with Gasteiger partial charge in [-0.3, -0.25) is 4.79 Å². The minimum Gasteiger partial charge on any atom is -0.307 e. The lowest BCUT2D eigenvalue weighted by atomic mass is 10.1. The fourth-order valence-electron chi connectivity index (χ4n) is 1.44. The van der Waals surface area contributed by atoms with E-state index in [2.05, 4.69) is 21.2 Å². The van der Waals surface area contributed by atoms with Crippen LogP contribution in [0, 0.1) is 0 Å². The van der Waals surface area contributed by atoms with Crippen molar-refractivity contribution in [3.63, 3.8) is 0 Å². The van der Waals surface area contributed by atoms with Crippen LogP contribution in [0.15, 0.2) is 52.8 Å². The Morgan fingerprint density at radius 2 is 2.00 bits per heavy atom. The van der Waals surface area contributed by atoms with Crippen molar-refractivity contribution in [2.24, 2.45) is 0 Å². The third-order valence-corrected chi connectivity index (χ3v) is 2.99. The van der Waals surface area contributed by atoms with Gasteiger partial charge in [0.25, 0.3) is 0 Å². The van der Waals surface area contributed by atoms with Gasteiger partial charge in [-0.15, -0.1) is 0 Å². The van der Waals surface area contributed by atoms with E-state index in [1.54, 1.807) is 43.6 Å². The summed E-state index contributed by atoms with van der Waals surface area (Å²) in [5, 5.41) is 2.61. The second kappa shape index (κ2) is 5.18. The van der Waals surface area contributed by atoms with E-state index in [-0.39, 0.29) is 11.8 Å². The van der Waals surface area contributed by atoms with E-state index in [1.165, 1.54) is 11.0 Å². The zero-order valence-corrected chi connectivity index (χ0v) is 11.3. The molecule has 0 bridgehead atoms. The van der Waals surface area contributed by atoms with E-state index in [4.69, 9.17) is 0 Å². The number of hydrogen-bond acceptors (Lipinski definition) is 2. The number of amides is 2. The highest BCUT2D eigenvalue weighted by Crippen LogP contribution is 2.12. The van der Waals surface area contributed by atoms with Gasteiger partial charge in [-0.05, 0) is 30.3 Å². The van der Waals surface area contributed by atoms with Gasteiger partial charge in [-0.25, -0.2) is 4.79 Å². The number of allylic oxidation sites excluding steroid dienone is 2. The monoisotopic (exact) mass is 306 g/mol. The summed E-state index contributed by atoms with van der Waals surface area (Å²) in [4.78, 5) is 24.7. The SMILES string of the molecule is CN1C=C/C(=C/C(=O)c2ccc(Br)cc2)NC1=O. The topological polar surface area (TPSA) is 49.4 Å². The Balaban J connectivity index is 2.18. The smallest absolute Gasteiger partial charge is 0.307 e. The van der Waals surface area contributed by atoms with Gasteiger partial charge >= 0.3 is 6.03 Å². The molecule has 18 heavy (non-hydrogen) atoms. The molecular formula is C13H11BrN2O2. The summed E-state index contributed by atoms with van der Waals surface area (Å²) in [5.41, 5.74) is 1.07. The largest absolute Gasteiger partial charge is 0.325 e. The van der Waals surface area contributed by atoms with Gasteiger partial charge in [0.05, 0.1) is 0 Å². The van der Waals surface area contributed by atoms with Crippen LogP contribution in [0.5, 0.6) is 0 Å². The molecule has 0 atom stereocenters. The van der Waals surface area contributed by atoms with Gasteiger partial charge in [0.15, 0.2) is 5.78 Å². The first-order chi connectivity index (χ1) is 8.56. The van der Waals surface area contributed by atoms with Crippen molar-refractivity contribution in [2.75, 3.05) is 7.05 Å². The number of benzene rings is 1. The van der Waals surface area contributed by atoms with E-state index in [0.29, 0.717) is 11.3 Å². The Morgan fingerprint density at radius 3 is 2.61 bits per heavy atom. The molecule has 2 rings (SSSR count). The number of nitrogens with zero attached hydrogens (tertiary/aromatic N) is 1. The van der Waals surface area contributed by atoms with Crippen LogP contribution >= 0.6 is 15.9 Å². The van der Waals surface area contributed by atoms with E-state index in [9.17, 15) is 9.59 Å². The summed E-state index contributed by atoms with van der Waals surface area (Å²) in [7, 11) is 1.64. The number of nitrogens with one attached hydrogen (secondary N) is 1. The van der Waals surface area contributed by atoms with Crippen LogP contribution in [0.4, 0.5) is 4.79 Å². The summed E-state index contributed by atoms with van der Waals surface area (Å²) in [6.07, 6.45) is 4.70. The first-order valence-corrected chi connectivity index (χ1v) is 6.09. The summed E-state index contributed by atoms with van der Waals surface area (Å²) in [6, 6.07) is 6.80. The maximum Gasteiger partial charge on any atom is 0.325 e. The standard InChI is InChI=1S/C13H11BrN2O2/c1-16-7-6-11(15-13(16)18)8-12(17)9-2-4-10(14)5-3-9/h2-8H,1H3,(H,15,18)/b11-8-. The van der Waals surface area contributed by atoms with Crippen molar-refractivity contribution < 1.29 is 9.59 Å². The Hall–Kier alpha value is -1.88. The molecule has 0 spiro atoms. The second-order valence-electron chi connectivity index (χ2n) is 3.83. The fourth-order valence-corrected chi connectivity index (χ4v) is 1.70. The van der Waals surface area contributed by atoms with Crippen LogP contribution in [0.3, 0.4) is 0 Å². The number of hydrogen-bond donors (Lipinski definition) is 1. The summed E-state index contributed by atoms with van der Waals surface area (Å²) in [5.74, 6) is -0.146. The van der Waals surface area contributed by atoms with Crippen molar-refractivity contribution >= 4 is 27.7 Å². The van der Waals surface area contributed by atoms with Crippen LogP contribution in [0.1, 0.15) is 10.4 Å². The molecule has 0 saturated carbocycles. The van der Waals surface area contributed by atoms with Gasteiger partial charge < -0.3 is 10.2 Å². The molecule has 0 aromatic heterocycles. The highest BCUT2D eigenvalue weighted by molar-refractivity contribution is 9.10. The van der Waals surface area contributed by atoms with Crippen LogP contribution in [-0.2, 0) is 0 Å². The van der Waals surface area contributed by atoms with E-state index in [0.717, 1.165) is 4.47 Å². The molecule has 0 unspecified atom stereocenters. The van der Waals surface area contributed by atoms with Gasteiger partial charge in [0.1, 0.15) is 0 Å². The van der Waals surface area contributed by atoms with Gasteiger partial charge in [-0.1, -0.05) is 15.9 Å². The molecule has 1 aliphatic heterocycles. The number of halogens is 1. The Labute approximate surface area is 113 Å². The lowest BCUT2D eigenvalue weighted by Gasteiger charge is -2.18. The molecule has 92 valence electrons. The lowest BCUT2D eigenvalue weighted by molar-refractivity contribution is 0.104. The van der Waals surface area contributed by atoms with Gasteiger partial charge in [0.2, 0.25) is 0 Å². The number of carbonyl (C=O) groups excluding carboxylic acids is 2. The van der Waals surface area contributed by atoms with E-state index in [1.807, 2.05) is 0 Å². The molecule has 1 N–H and O–H groups in total. The van der Waals surface area contributed by atoms with Crippen LogP contribution in [0.2, 0.25) is 0 Å². The van der Waals surface area contributed by atoms with Crippen molar-refractivity contribution in [3.05, 3.63) is 58.4 Å². The Bertz CT molecular complexity index is 547. The average Bonchev–Trinajstić information content (AvgIpc) is 2.34. The van der Waals surface area contributed by atoms with Gasteiger partial charge in [-0.2, -0.15) is 0 Å². The maximum atomic E-state index is 11.9. The fraction of sp³-hybridized carbons (Fsp3) is 0.0769. The molecule has 0 aliphatic carbocycles. The molecule has 0 fully saturated rings. The molecule has 2 amide bonds. The summed E-state index contributed by atoms with van der Waals surface area (Å²) >= 11 is 3.31. The predicted molar refractivity (Wildman–Crippen MR) is 72.0 cm³/mol. The predicted octanol–water partition coefficient (Wildman–Crippen LogP) is 2.68. The summed E-state index contributed by atoms with van der Waals surface area (Å²) in [6.45, 7) is 0. The zero-order valence-electron chi connectivity index (χ0n) is 9.68. The molecule has 1 aromatic rings. The minimum atomic E-state index is -0.257. The number of ketones is 1. The molecule has 5 heteroatoms. The Morgan fingerprint density at radius 1 is 1.33 bits per heavy atom. The van der Waals surface area contributed by atoms with Crippen LogP contribution in [0.25, 0.3) is 0 Å². The van der Waals surface area contributed by atoms with Crippen molar-refractivity contribution in [2.45, 2.75) is 0 Å². The zero-order chi connectivity index (χ0) is 13.1. The summed E-state index contributed by atoms with van der Waals surface area (Å²) < 4.78 is 0.916. The molecule has 0 saturated heterocycles. The van der Waals surface area contributed by atoms with Crippen molar-refractivity contribution in [1.29, 1.82) is 0 Å². The van der Waals surface area contributed by atoms with Crippen LogP contribution < -0.4 is 5.32 Å². The van der Waals surface area contributed by atoms with Crippen molar-refractivity contribution in [3.8, 4) is 0 Å². The Kier molecular flexibility index (Phi) is 3.62. The lowest BCUT2D eigenvalue weighted by Crippen LogP contribution is -2.36. The minimum absolute atomic E-state index is 0.146. The second-order valence-corrected chi connectivity index (χ2v) is 4.74. The highest BCUT2D eigenvalue weighted by atomic mass is 79.9. The number of carbonyl (C=O) groups is 2. The molecule has 1 aliphatic rings. The van der Waals surface area contributed by atoms with Crippen molar-refractivity contribution in [1.82, 2.24) is 10.2 Å². The quantitative estimate of drug-likeness (QED) is 0.674. The van der Waals surface area contributed by atoms with E-state index < -0.39 is 0 Å². The maximum absolute atomic E-state index is 11.9. The molecular weight excluding hydrogens is 296 g/mol. The third kappa shape index (κ3) is 2.87. The highest BCUT2D eigenvalue weighted by Gasteiger charge is 2.13. The molecule has 4 nitrogen and oxygen atoms in total. The number of rotatable bonds is 2. The molecule has 0 radical (unpaired) electrons.